The molecule has 1 saturated heterocycles. The van der Waals surface area contributed by atoms with Crippen LogP contribution in [0.1, 0.15) is 36.3 Å². The number of carbonyl (C=O) groups is 2. The van der Waals surface area contributed by atoms with E-state index < -0.39 is 47.2 Å². The number of aliphatic hydroxyl groups excluding tert-OH is 1. The van der Waals surface area contributed by atoms with Crippen LogP contribution in [0.4, 0.5) is 23.0 Å². The fraction of sp³-hybridized carbons (Fsp3) is 0.688. The SMILES string of the molecule is COC(=O)c1nc(C(F)(F)F)sc1N1CCN(C(=O)OC(C)(C)C)[C@H](CO)C1. The first-order chi connectivity index (χ1) is 12.9. The van der Waals surface area contributed by atoms with Crippen LogP contribution in [-0.2, 0) is 15.7 Å². The summed E-state index contributed by atoms with van der Waals surface area (Å²) in [4.78, 5) is 30.4. The molecule has 1 atom stereocenters. The summed E-state index contributed by atoms with van der Waals surface area (Å²) in [7, 11) is 1.05. The third-order valence-corrected chi connectivity index (χ3v) is 5.00. The highest BCUT2D eigenvalue weighted by molar-refractivity contribution is 7.16. The molecule has 1 aromatic rings. The second kappa shape index (κ2) is 8.11. The molecule has 2 heterocycles. The van der Waals surface area contributed by atoms with Crippen molar-refractivity contribution in [1.29, 1.82) is 0 Å². The lowest BCUT2D eigenvalue weighted by molar-refractivity contribution is -0.137. The number of ether oxygens (including phenoxy) is 2. The van der Waals surface area contributed by atoms with Crippen LogP contribution in [-0.4, -0.2) is 72.0 Å². The number of halogens is 3. The van der Waals surface area contributed by atoms with Gasteiger partial charge in [0.25, 0.3) is 0 Å². The highest BCUT2D eigenvalue weighted by Gasteiger charge is 2.40. The molecule has 1 aromatic heterocycles. The fourth-order valence-corrected chi connectivity index (χ4v) is 3.59. The molecule has 8 nitrogen and oxygen atoms in total. The highest BCUT2D eigenvalue weighted by Crippen LogP contribution is 2.39. The third-order valence-electron chi connectivity index (χ3n) is 3.84. The Morgan fingerprint density at radius 1 is 1.29 bits per heavy atom. The van der Waals surface area contributed by atoms with E-state index in [-0.39, 0.29) is 24.6 Å². The summed E-state index contributed by atoms with van der Waals surface area (Å²) in [6.45, 7) is 4.93. The average Bonchev–Trinajstić information content (AvgIpc) is 3.04. The molecule has 1 N–H and O–H groups in total. The second-order valence-corrected chi connectivity index (χ2v) is 8.10. The number of rotatable bonds is 3. The van der Waals surface area contributed by atoms with Gasteiger partial charge in [-0.15, -0.1) is 0 Å². The van der Waals surface area contributed by atoms with E-state index in [0.717, 1.165) is 7.11 Å². The number of piperazine rings is 1. The lowest BCUT2D eigenvalue weighted by atomic mass is 10.1. The van der Waals surface area contributed by atoms with Gasteiger partial charge in [0.05, 0.1) is 19.8 Å². The molecular weight excluding hydrogens is 403 g/mol. The maximum Gasteiger partial charge on any atom is 0.443 e. The Bertz CT molecular complexity index is 732. The maximum atomic E-state index is 13.1. The number of aliphatic hydroxyl groups is 1. The minimum absolute atomic E-state index is 0.0125. The monoisotopic (exact) mass is 425 g/mol. The second-order valence-electron chi connectivity index (χ2n) is 7.12. The molecule has 1 amide bonds. The van der Waals surface area contributed by atoms with E-state index in [1.807, 2.05) is 0 Å². The van der Waals surface area contributed by atoms with E-state index in [4.69, 9.17) is 4.74 Å². The van der Waals surface area contributed by atoms with Crippen LogP contribution in [0.5, 0.6) is 0 Å². The molecule has 0 radical (unpaired) electrons. The van der Waals surface area contributed by atoms with Gasteiger partial charge >= 0.3 is 18.2 Å². The Hall–Kier alpha value is -2.08. The van der Waals surface area contributed by atoms with Crippen LogP contribution in [0.25, 0.3) is 0 Å². The summed E-state index contributed by atoms with van der Waals surface area (Å²) < 4.78 is 49.0. The minimum atomic E-state index is -4.71. The van der Waals surface area contributed by atoms with Crippen LogP contribution in [0.15, 0.2) is 0 Å². The molecule has 0 aliphatic carbocycles. The van der Waals surface area contributed by atoms with E-state index >= 15 is 0 Å². The predicted molar refractivity (Wildman–Crippen MR) is 94.5 cm³/mol. The summed E-state index contributed by atoms with van der Waals surface area (Å²) in [5, 5.41) is 8.49. The molecule has 1 aliphatic rings. The van der Waals surface area contributed by atoms with Crippen LogP contribution in [0, 0.1) is 0 Å². The van der Waals surface area contributed by atoms with Crippen molar-refractivity contribution in [2.24, 2.45) is 0 Å². The number of amides is 1. The van der Waals surface area contributed by atoms with Crippen molar-refractivity contribution in [3.63, 3.8) is 0 Å². The van der Waals surface area contributed by atoms with Crippen LogP contribution in [0.3, 0.4) is 0 Å². The largest absolute Gasteiger partial charge is 0.464 e. The summed E-state index contributed by atoms with van der Waals surface area (Å²) in [5.41, 5.74) is -1.17. The molecular formula is C16H22F3N3O5S. The van der Waals surface area contributed by atoms with Crippen molar-refractivity contribution in [2.75, 3.05) is 38.3 Å². The first kappa shape index (κ1) is 22.2. The van der Waals surface area contributed by atoms with Crippen molar-refractivity contribution in [1.82, 2.24) is 9.88 Å². The number of esters is 1. The maximum absolute atomic E-state index is 13.1. The zero-order chi connectivity index (χ0) is 21.3. The Morgan fingerprint density at radius 2 is 1.93 bits per heavy atom. The summed E-state index contributed by atoms with van der Waals surface area (Å²) in [6.07, 6.45) is -5.33. The van der Waals surface area contributed by atoms with E-state index in [9.17, 15) is 27.9 Å². The molecule has 158 valence electrons. The van der Waals surface area contributed by atoms with E-state index in [1.54, 1.807) is 20.8 Å². The van der Waals surface area contributed by atoms with Crippen LogP contribution in [0.2, 0.25) is 0 Å². The number of anilines is 1. The quantitative estimate of drug-likeness (QED) is 0.744. The van der Waals surface area contributed by atoms with Gasteiger partial charge < -0.3 is 19.5 Å². The van der Waals surface area contributed by atoms with Gasteiger partial charge in [-0.2, -0.15) is 13.2 Å². The molecule has 0 spiro atoms. The Morgan fingerprint density at radius 3 is 2.43 bits per heavy atom. The smallest absolute Gasteiger partial charge is 0.443 e. The first-order valence-corrected chi connectivity index (χ1v) is 9.20. The van der Waals surface area contributed by atoms with Crippen molar-refractivity contribution < 1.29 is 37.3 Å². The molecule has 2 rings (SSSR count). The number of aromatic nitrogens is 1. The molecule has 1 aliphatic heterocycles. The molecule has 0 saturated carbocycles. The van der Waals surface area contributed by atoms with E-state index in [0.29, 0.717) is 11.3 Å². The number of carbonyl (C=O) groups excluding carboxylic acids is 2. The summed E-state index contributed by atoms with van der Waals surface area (Å²) >= 11 is 0.321. The summed E-state index contributed by atoms with van der Waals surface area (Å²) in [6, 6.07) is -0.717. The van der Waals surface area contributed by atoms with Crippen molar-refractivity contribution >= 4 is 28.4 Å². The summed E-state index contributed by atoms with van der Waals surface area (Å²) in [5.74, 6) is -0.989. The van der Waals surface area contributed by atoms with Gasteiger partial charge in [-0.25, -0.2) is 14.6 Å². The Balaban J connectivity index is 2.27. The molecule has 0 unspecified atom stereocenters. The van der Waals surface area contributed by atoms with E-state index in [2.05, 4.69) is 9.72 Å². The Labute approximate surface area is 163 Å². The minimum Gasteiger partial charge on any atom is -0.464 e. The van der Waals surface area contributed by atoms with Gasteiger partial charge in [0.15, 0.2) is 5.69 Å². The molecule has 12 heteroatoms. The number of thiazole rings is 1. The zero-order valence-electron chi connectivity index (χ0n) is 15.9. The van der Waals surface area contributed by atoms with Crippen LogP contribution >= 0.6 is 11.3 Å². The van der Waals surface area contributed by atoms with Crippen molar-refractivity contribution in [3.8, 4) is 0 Å². The number of methoxy groups -OCH3 is 1. The molecule has 0 aromatic carbocycles. The topological polar surface area (TPSA) is 92.2 Å². The number of hydrogen-bond donors (Lipinski definition) is 1. The fourth-order valence-electron chi connectivity index (χ4n) is 2.63. The van der Waals surface area contributed by atoms with Crippen molar-refractivity contribution in [2.45, 2.75) is 38.6 Å². The average molecular weight is 425 g/mol. The first-order valence-electron chi connectivity index (χ1n) is 8.39. The van der Waals surface area contributed by atoms with Gasteiger partial charge in [0.1, 0.15) is 10.6 Å². The van der Waals surface area contributed by atoms with Gasteiger partial charge in [0.2, 0.25) is 5.01 Å². The number of alkyl halides is 3. The zero-order valence-corrected chi connectivity index (χ0v) is 16.7. The lowest BCUT2D eigenvalue weighted by Gasteiger charge is -2.41. The molecule has 28 heavy (non-hydrogen) atoms. The van der Waals surface area contributed by atoms with Gasteiger partial charge in [-0.05, 0) is 20.8 Å². The van der Waals surface area contributed by atoms with Crippen molar-refractivity contribution in [3.05, 3.63) is 10.7 Å². The molecule has 1 fully saturated rings. The Kier molecular flexibility index (Phi) is 6.44. The standard InChI is InChI=1S/C16H22F3N3O5S/c1-15(2,3)27-14(25)22-6-5-21(7-9(22)8-23)11-10(12(24)26-4)20-13(28-11)16(17,18)19/h9,23H,5-8H2,1-4H3/t9-/m0/s1. The van der Waals surface area contributed by atoms with E-state index in [1.165, 1.54) is 9.80 Å². The van der Waals surface area contributed by atoms with Gasteiger partial charge in [-0.3, -0.25) is 4.90 Å². The lowest BCUT2D eigenvalue weighted by Crippen LogP contribution is -2.57. The number of hydrogen-bond acceptors (Lipinski definition) is 8. The van der Waals surface area contributed by atoms with Gasteiger partial charge in [-0.1, -0.05) is 11.3 Å². The van der Waals surface area contributed by atoms with Crippen LogP contribution < -0.4 is 4.90 Å². The highest BCUT2D eigenvalue weighted by atomic mass is 32.1. The number of nitrogens with zero attached hydrogens (tertiary/aromatic N) is 3. The predicted octanol–water partition coefficient (Wildman–Crippen LogP) is 2.37. The third kappa shape index (κ3) is 5.04. The normalized spacial score (nSPS) is 18.2. The molecule has 0 bridgehead atoms. The van der Waals surface area contributed by atoms with Gasteiger partial charge in [0, 0.05) is 19.6 Å².